The van der Waals surface area contributed by atoms with Crippen LogP contribution >= 0.6 is 11.6 Å². The molecule has 1 nitrogen and oxygen atoms in total. The first-order valence-electron chi connectivity index (χ1n) is 6.40. The molecular formula is C16H24ClN. The van der Waals surface area contributed by atoms with Crippen LogP contribution in [0, 0.1) is 10.8 Å². The Balaban J connectivity index is 2.90. The van der Waals surface area contributed by atoms with Crippen molar-refractivity contribution in [2.24, 2.45) is 10.8 Å². The molecule has 0 bridgehead atoms. The monoisotopic (exact) mass is 265 g/mol. The molecule has 1 rings (SSSR count). The van der Waals surface area contributed by atoms with Crippen molar-refractivity contribution in [3.63, 3.8) is 0 Å². The Bertz CT molecular complexity index is 433. The van der Waals surface area contributed by atoms with Crippen molar-refractivity contribution in [3.05, 3.63) is 34.6 Å². The topological polar surface area (TPSA) is 12.9 Å². The van der Waals surface area contributed by atoms with Gasteiger partial charge < -0.3 is 0 Å². The molecule has 0 aliphatic rings. The maximum atomic E-state index is 6.31. The van der Waals surface area contributed by atoms with Crippen LogP contribution in [0.3, 0.4) is 0 Å². The molecule has 0 N–H and O–H groups in total. The summed E-state index contributed by atoms with van der Waals surface area (Å²) >= 11 is 6.31. The van der Waals surface area contributed by atoms with Gasteiger partial charge in [0, 0.05) is 11.2 Å². The number of hydrogen-bond donors (Lipinski definition) is 0. The van der Waals surface area contributed by atoms with Gasteiger partial charge >= 0.3 is 0 Å². The average molecular weight is 266 g/mol. The molecule has 0 amide bonds. The first-order chi connectivity index (χ1) is 8.07. The second-order valence-electron chi connectivity index (χ2n) is 7.14. The van der Waals surface area contributed by atoms with Crippen molar-refractivity contribution in [1.29, 1.82) is 0 Å². The normalized spacial score (nSPS) is 13.3. The van der Waals surface area contributed by atoms with Crippen LogP contribution in [0.1, 0.15) is 52.8 Å². The third-order valence-corrected chi connectivity index (χ3v) is 2.78. The lowest BCUT2D eigenvalue weighted by molar-refractivity contribution is 0.411. The van der Waals surface area contributed by atoms with Crippen LogP contribution in [-0.2, 0) is 6.42 Å². The molecule has 0 saturated carbocycles. The molecule has 1 aromatic rings. The molecule has 0 fully saturated rings. The van der Waals surface area contributed by atoms with Gasteiger partial charge in [-0.25, -0.2) is 0 Å². The Hall–Kier alpha value is -0.820. The Morgan fingerprint density at radius 1 is 1.17 bits per heavy atom. The van der Waals surface area contributed by atoms with Gasteiger partial charge in [0.1, 0.15) is 0 Å². The van der Waals surface area contributed by atoms with Crippen molar-refractivity contribution in [2.45, 2.75) is 48.0 Å². The largest absolute Gasteiger partial charge is 0.257 e. The first-order valence-corrected chi connectivity index (χ1v) is 6.78. The Morgan fingerprint density at radius 2 is 1.78 bits per heavy atom. The number of rotatable bonds is 2. The highest BCUT2D eigenvalue weighted by atomic mass is 35.5. The van der Waals surface area contributed by atoms with Crippen LogP contribution in [0.15, 0.2) is 18.3 Å². The van der Waals surface area contributed by atoms with Gasteiger partial charge in [-0.2, -0.15) is 0 Å². The molecule has 0 atom stereocenters. The summed E-state index contributed by atoms with van der Waals surface area (Å²) in [6.45, 7) is 13.1. The van der Waals surface area contributed by atoms with Crippen molar-refractivity contribution < 1.29 is 0 Å². The number of aromatic nitrogens is 1. The van der Waals surface area contributed by atoms with E-state index >= 15 is 0 Å². The summed E-state index contributed by atoms with van der Waals surface area (Å²) in [5.74, 6) is 0. The minimum absolute atomic E-state index is 0.165. The highest BCUT2D eigenvalue weighted by Crippen LogP contribution is 2.26. The van der Waals surface area contributed by atoms with Gasteiger partial charge in [0.2, 0.25) is 0 Å². The summed E-state index contributed by atoms with van der Waals surface area (Å²) in [6, 6.07) is 1.95. The van der Waals surface area contributed by atoms with E-state index in [1.54, 1.807) is 0 Å². The highest BCUT2D eigenvalue weighted by molar-refractivity contribution is 6.31. The molecule has 0 aromatic carbocycles. The Kier molecular flexibility index (Phi) is 4.61. The van der Waals surface area contributed by atoms with E-state index in [9.17, 15) is 0 Å². The summed E-state index contributed by atoms with van der Waals surface area (Å²) < 4.78 is 0. The van der Waals surface area contributed by atoms with Crippen molar-refractivity contribution >= 4 is 17.7 Å². The van der Waals surface area contributed by atoms with E-state index in [2.05, 4.69) is 52.6 Å². The second-order valence-corrected chi connectivity index (χ2v) is 7.54. The van der Waals surface area contributed by atoms with Crippen molar-refractivity contribution in [3.8, 4) is 0 Å². The van der Waals surface area contributed by atoms with Crippen LogP contribution in [0.25, 0.3) is 6.08 Å². The minimum atomic E-state index is 0.165. The molecule has 0 aliphatic carbocycles. The van der Waals surface area contributed by atoms with E-state index in [4.69, 9.17) is 11.6 Å². The van der Waals surface area contributed by atoms with Crippen LogP contribution in [0.4, 0.5) is 0 Å². The van der Waals surface area contributed by atoms with Crippen LogP contribution < -0.4 is 0 Å². The molecule has 0 saturated heterocycles. The van der Waals surface area contributed by atoms with Gasteiger partial charge in [-0.1, -0.05) is 59.2 Å². The number of hydrogen-bond acceptors (Lipinski definition) is 1. The summed E-state index contributed by atoms with van der Waals surface area (Å²) in [4.78, 5) is 4.46. The fourth-order valence-electron chi connectivity index (χ4n) is 1.60. The maximum Gasteiger partial charge on any atom is 0.0641 e. The third-order valence-electron chi connectivity index (χ3n) is 2.43. The quantitative estimate of drug-likeness (QED) is 0.699. The zero-order valence-corrected chi connectivity index (χ0v) is 13.1. The van der Waals surface area contributed by atoms with E-state index in [1.807, 2.05) is 18.3 Å². The SMILES string of the molecule is CC(C)(C)/C=C/c1cc(Cl)c(CC(C)(C)C)cn1. The number of nitrogens with zero attached hydrogens (tertiary/aromatic N) is 1. The van der Waals surface area contributed by atoms with Crippen molar-refractivity contribution in [2.75, 3.05) is 0 Å². The second kappa shape index (κ2) is 5.44. The van der Waals surface area contributed by atoms with Gasteiger partial charge in [0.15, 0.2) is 0 Å². The van der Waals surface area contributed by atoms with Crippen LogP contribution in [0.2, 0.25) is 5.02 Å². The molecule has 1 aromatic heterocycles. The maximum absolute atomic E-state index is 6.31. The minimum Gasteiger partial charge on any atom is -0.257 e. The van der Waals surface area contributed by atoms with Crippen LogP contribution in [0.5, 0.6) is 0 Å². The van der Waals surface area contributed by atoms with Gasteiger partial charge in [-0.3, -0.25) is 4.98 Å². The van der Waals surface area contributed by atoms with Gasteiger partial charge in [0.25, 0.3) is 0 Å². The fourth-order valence-corrected chi connectivity index (χ4v) is 1.83. The predicted octanol–water partition coefficient (Wildman–Crippen LogP) is 5.38. The summed E-state index contributed by atoms with van der Waals surface area (Å²) in [6.07, 6.45) is 7.03. The number of allylic oxidation sites excluding steroid dienone is 1. The molecule has 0 aliphatic heterocycles. The Morgan fingerprint density at radius 3 is 2.22 bits per heavy atom. The van der Waals surface area contributed by atoms with Crippen molar-refractivity contribution in [1.82, 2.24) is 4.98 Å². The van der Waals surface area contributed by atoms with Crippen LogP contribution in [-0.4, -0.2) is 4.98 Å². The standard InChI is InChI=1S/C16H24ClN/c1-15(2,3)8-7-13-9-14(17)12(11-18-13)10-16(4,5)6/h7-9,11H,10H2,1-6H3/b8-7+. The van der Waals surface area contributed by atoms with E-state index in [0.29, 0.717) is 0 Å². The van der Waals surface area contributed by atoms with Gasteiger partial charge in [-0.15, -0.1) is 0 Å². The van der Waals surface area contributed by atoms with E-state index in [0.717, 1.165) is 22.7 Å². The van der Waals surface area contributed by atoms with Gasteiger partial charge in [-0.05, 0) is 35.0 Å². The molecule has 0 unspecified atom stereocenters. The lowest BCUT2D eigenvalue weighted by Crippen LogP contribution is -2.10. The third kappa shape index (κ3) is 5.68. The summed E-state index contributed by atoms with van der Waals surface area (Å²) in [5.41, 5.74) is 2.44. The molecular weight excluding hydrogens is 242 g/mol. The van der Waals surface area contributed by atoms with E-state index < -0.39 is 0 Å². The predicted molar refractivity (Wildman–Crippen MR) is 80.9 cm³/mol. The zero-order valence-electron chi connectivity index (χ0n) is 12.3. The fraction of sp³-hybridized carbons (Fsp3) is 0.562. The first kappa shape index (κ1) is 15.2. The molecule has 18 heavy (non-hydrogen) atoms. The lowest BCUT2D eigenvalue weighted by Gasteiger charge is -2.18. The molecule has 0 radical (unpaired) electrons. The molecule has 1 heterocycles. The molecule has 2 heteroatoms. The van der Waals surface area contributed by atoms with Gasteiger partial charge in [0.05, 0.1) is 5.69 Å². The Labute approximate surface area is 116 Å². The molecule has 100 valence electrons. The van der Waals surface area contributed by atoms with E-state index in [-0.39, 0.29) is 10.8 Å². The number of halogens is 1. The molecule has 0 spiro atoms. The average Bonchev–Trinajstić information content (AvgIpc) is 2.15. The lowest BCUT2D eigenvalue weighted by atomic mass is 9.89. The smallest absolute Gasteiger partial charge is 0.0641 e. The number of pyridine rings is 1. The zero-order chi connectivity index (χ0) is 14.0. The van der Waals surface area contributed by atoms with E-state index in [1.165, 1.54) is 0 Å². The highest BCUT2D eigenvalue weighted by Gasteiger charge is 2.14. The summed E-state index contributed by atoms with van der Waals surface area (Å²) in [5, 5.41) is 0.813. The summed E-state index contributed by atoms with van der Waals surface area (Å²) in [7, 11) is 0.